The highest BCUT2D eigenvalue weighted by molar-refractivity contribution is 5.65. The standard InChI is InChI=1S/C15H27N3O3.C3H6O2.C2H6/c1-3-4-5-7-10-17-14(20)12-16-18(15(17)21)11-8-6-9-13(2)19;1-3(4)5-2;1-2/h12-13,19H,3-11H2,1-2H3;1-2H3;1-2H3. The Morgan fingerprint density at radius 1 is 1.14 bits per heavy atom. The van der Waals surface area contributed by atoms with E-state index in [0.29, 0.717) is 19.5 Å². The molecule has 1 N–H and O–H groups in total. The molecule has 164 valence electrons. The smallest absolute Gasteiger partial charge is 0.347 e. The van der Waals surface area contributed by atoms with Gasteiger partial charge in [-0.25, -0.2) is 9.48 Å². The van der Waals surface area contributed by atoms with Crippen LogP contribution in [0.25, 0.3) is 0 Å². The number of hydrogen-bond acceptors (Lipinski definition) is 6. The molecule has 0 radical (unpaired) electrons. The minimum Gasteiger partial charge on any atom is -0.469 e. The second kappa shape index (κ2) is 18.4. The molecule has 1 rings (SSSR count). The fraction of sp³-hybridized carbons (Fsp3) is 0.800. The minimum absolute atomic E-state index is 0.245. The van der Waals surface area contributed by atoms with Crippen LogP contribution in [0.1, 0.15) is 79.6 Å². The van der Waals surface area contributed by atoms with Crippen molar-refractivity contribution in [3.8, 4) is 0 Å². The lowest BCUT2D eigenvalue weighted by Gasteiger charge is -2.09. The summed E-state index contributed by atoms with van der Waals surface area (Å²) >= 11 is 0. The Bertz CT molecular complexity index is 623. The Labute approximate surface area is 168 Å². The third kappa shape index (κ3) is 14.1. The molecular formula is C20H39N3O5. The van der Waals surface area contributed by atoms with Crippen molar-refractivity contribution in [1.82, 2.24) is 14.3 Å². The number of aliphatic hydroxyl groups is 1. The van der Waals surface area contributed by atoms with Crippen molar-refractivity contribution in [1.29, 1.82) is 0 Å². The monoisotopic (exact) mass is 401 g/mol. The molecule has 1 aromatic rings. The van der Waals surface area contributed by atoms with Gasteiger partial charge in [-0.3, -0.25) is 14.2 Å². The summed E-state index contributed by atoms with van der Waals surface area (Å²) in [5.74, 6) is -0.245. The second-order valence-corrected chi connectivity index (χ2v) is 6.24. The number of aryl methyl sites for hydroxylation is 1. The van der Waals surface area contributed by atoms with Crippen LogP contribution >= 0.6 is 0 Å². The van der Waals surface area contributed by atoms with E-state index >= 15 is 0 Å². The fourth-order valence-electron chi connectivity index (χ4n) is 2.23. The molecule has 0 aromatic carbocycles. The van der Waals surface area contributed by atoms with E-state index in [9.17, 15) is 19.5 Å². The van der Waals surface area contributed by atoms with E-state index in [1.54, 1.807) is 6.92 Å². The largest absolute Gasteiger partial charge is 0.469 e. The highest BCUT2D eigenvalue weighted by Crippen LogP contribution is 2.01. The molecule has 8 heteroatoms. The van der Waals surface area contributed by atoms with Crippen LogP contribution in [0.5, 0.6) is 0 Å². The number of esters is 1. The minimum atomic E-state index is -0.323. The van der Waals surface area contributed by atoms with E-state index in [1.807, 2.05) is 13.8 Å². The third-order valence-corrected chi connectivity index (χ3v) is 3.79. The van der Waals surface area contributed by atoms with Gasteiger partial charge in [0.2, 0.25) is 0 Å². The lowest BCUT2D eigenvalue weighted by Crippen LogP contribution is -2.40. The molecule has 0 amide bonds. The van der Waals surface area contributed by atoms with Crippen molar-refractivity contribution >= 4 is 5.97 Å². The zero-order valence-electron chi connectivity index (χ0n) is 18.4. The van der Waals surface area contributed by atoms with Crippen molar-refractivity contribution in [3.05, 3.63) is 27.0 Å². The van der Waals surface area contributed by atoms with Gasteiger partial charge in [-0.15, -0.1) is 0 Å². The summed E-state index contributed by atoms with van der Waals surface area (Å²) in [5.41, 5.74) is -0.646. The molecule has 1 unspecified atom stereocenters. The SMILES string of the molecule is CC.CCCCCCn1c(=O)cnn(CCCCC(C)O)c1=O.COC(C)=O. The van der Waals surface area contributed by atoms with Crippen molar-refractivity contribution in [2.45, 2.75) is 98.8 Å². The lowest BCUT2D eigenvalue weighted by atomic mass is 10.2. The lowest BCUT2D eigenvalue weighted by molar-refractivity contribution is -0.137. The van der Waals surface area contributed by atoms with Crippen LogP contribution in [0.3, 0.4) is 0 Å². The number of hydrogen-bond donors (Lipinski definition) is 1. The molecular weight excluding hydrogens is 362 g/mol. The van der Waals surface area contributed by atoms with Crippen molar-refractivity contribution in [2.75, 3.05) is 7.11 Å². The molecule has 0 saturated heterocycles. The van der Waals surface area contributed by atoms with Crippen LogP contribution in [-0.2, 0) is 22.6 Å². The molecule has 0 aliphatic rings. The zero-order valence-corrected chi connectivity index (χ0v) is 18.4. The van der Waals surface area contributed by atoms with Crippen molar-refractivity contribution < 1.29 is 14.6 Å². The Hall–Kier alpha value is -1.96. The molecule has 0 aliphatic carbocycles. The molecule has 1 aromatic heterocycles. The van der Waals surface area contributed by atoms with Crippen molar-refractivity contribution in [3.63, 3.8) is 0 Å². The summed E-state index contributed by atoms with van der Waals surface area (Å²) in [4.78, 5) is 33.5. The van der Waals surface area contributed by atoms with Gasteiger partial charge in [-0.2, -0.15) is 5.10 Å². The summed E-state index contributed by atoms with van der Waals surface area (Å²) in [5, 5.41) is 13.1. The highest BCUT2D eigenvalue weighted by Gasteiger charge is 2.06. The predicted octanol–water partition coefficient (Wildman–Crippen LogP) is 2.74. The molecule has 0 fully saturated rings. The molecule has 0 bridgehead atoms. The quantitative estimate of drug-likeness (QED) is 0.478. The fourth-order valence-corrected chi connectivity index (χ4v) is 2.23. The number of methoxy groups -OCH3 is 1. The third-order valence-electron chi connectivity index (χ3n) is 3.79. The average Bonchev–Trinajstić information content (AvgIpc) is 2.67. The van der Waals surface area contributed by atoms with Gasteiger partial charge in [0, 0.05) is 20.0 Å². The number of ether oxygens (including phenoxy) is 1. The summed E-state index contributed by atoms with van der Waals surface area (Å²) in [6.45, 7) is 10.2. The van der Waals surface area contributed by atoms with Gasteiger partial charge in [0.15, 0.2) is 0 Å². The van der Waals surface area contributed by atoms with E-state index in [-0.39, 0.29) is 23.3 Å². The Kier molecular flexibility index (Phi) is 18.6. The van der Waals surface area contributed by atoms with Gasteiger partial charge < -0.3 is 9.84 Å². The number of rotatable bonds is 10. The number of unbranched alkanes of at least 4 members (excludes halogenated alkanes) is 4. The van der Waals surface area contributed by atoms with E-state index in [1.165, 1.54) is 29.5 Å². The summed E-state index contributed by atoms with van der Waals surface area (Å²) in [6.07, 6.45) is 7.33. The molecule has 0 spiro atoms. The first kappa shape index (κ1) is 28.3. The number of carbonyl (C=O) groups excluding carboxylic acids is 1. The van der Waals surface area contributed by atoms with Crippen LogP contribution in [-0.4, -0.2) is 38.6 Å². The summed E-state index contributed by atoms with van der Waals surface area (Å²) in [6, 6.07) is 0. The maximum absolute atomic E-state index is 12.2. The summed E-state index contributed by atoms with van der Waals surface area (Å²) < 4.78 is 6.74. The Balaban J connectivity index is 0. The zero-order chi connectivity index (χ0) is 21.9. The van der Waals surface area contributed by atoms with Gasteiger partial charge in [0.05, 0.1) is 13.2 Å². The number of carbonyl (C=O) groups is 1. The number of aromatic nitrogens is 3. The van der Waals surface area contributed by atoms with Gasteiger partial charge in [-0.05, 0) is 32.6 Å². The summed E-state index contributed by atoms with van der Waals surface area (Å²) in [7, 11) is 1.35. The first-order chi connectivity index (χ1) is 13.3. The Morgan fingerprint density at radius 2 is 1.71 bits per heavy atom. The maximum Gasteiger partial charge on any atom is 0.347 e. The first-order valence-corrected chi connectivity index (χ1v) is 10.2. The predicted molar refractivity (Wildman–Crippen MR) is 111 cm³/mol. The van der Waals surface area contributed by atoms with E-state index < -0.39 is 0 Å². The first-order valence-electron chi connectivity index (χ1n) is 10.2. The normalized spacial score (nSPS) is 10.8. The van der Waals surface area contributed by atoms with Gasteiger partial charge in [0.25, 0.3) is 5.56 Å². The molecule has 1 atom stereocenters. The number of nitrogens with zero attached hydrogens (tertiary/aromatic N) is 3. The second-order valence-electron chi connectivity index (χ2n) is 6.24. The highest BCUT2D eigenvalue weighted by atomic mass is 16.5. The van der Waals surface area contributed by atoms with E-state index in [2.05, 4.69) is 16.8 Å². The molecule has 28 heavy (non-hydrogen) atoms. The van der Waals surface area contributed by atoms with Crippen LogP contribution < -0.4 is 11.2 Å². The van der Waals surface area contributed by atoms with Crippen LogP contribution in [0.2, 0.25) is 0 Å². The van der Waals surface area contributed by atoms with Crippen LogP contribution in [0, 0.1) is 0 Å². The molecule has 0 aliphatic heterocycles. The van der Waals surface area contributed by atoms with E-state index in [4.69, 9.17) is 0 Å². The molecule has 1 heterocycles. The maximum atomic E-state index is 12.2. The Morgan fingerprint density at radius 3 is 2.21 bits per heavy atom. The van der Waals surface area contributed by atoms with Crippen molar-refractivity contribution in [2.24, 2.45) is 0 Å². The van der Waals surface area contributed by atoms with Crippen LogP contribution in [0.15, 0.2) is 15.8 Å². The van der Waals surface area contributed by atoms with Crippen LogP contribution in [0.4, 0.5) is 0 Å². The van der Waals surface area contributed by atoms with E-state index in [0.717, 1.165) is 38.5 Å². The topological polar surface area (TPSA) is 103 Å². The average molecular weight is 402 g/mol. The van der Waals surface area contributed by atoms with Gasteiger partial charge in [-0.1, -0.05) is 40.0 Å². The molecule has 0 saturated carbocycles. The van der Waals surface area contributed by atoms with Gasteiger partial charge in [0.1, 0.15) is 6.20 Å². The van der Waals surface area contributed by atoms with Gasteiger partial charge >= 0.3 is 11.7 Å². The number of aliphatic hydroxyl groups excluding tert-OH is 1. The molecule has 8 nitrogen and oxygen atoms in total.